The maximum atomic E-state index is 13.2. The first kappa shape index (κ1) is 16.3. The number of halogens is 1. The van der Waals surface area contributed by atoms with Crippen molar-refractivity contribution in [3.05, 3.63) is 30.1 Å². The van der Waals surface area contributed by atoms with Crippen LogP contribution in [0.25, 0.3) is 11.4 Å². The Morgan fingerprint density at radius 3 is 2.91 bits per heavy atom. The minimum Gasteiger partial charge on any atom is -0.355 e. The van der Waals surface area contributed by atoms with E-state index in [1.807, 2.05) is 13.8 Å². The Bertz CT molecular complexity index is 658. The van der Waals surface area contributed by atoms with Gasteiger partial charge < -0.3 is 11.2 Å². The highest BCUT2D eigenvalue weighted by molar-refractivity contribution is 7.99. The fourth-order valence-corrected chi connectivity index (χ4v) is 2.39. The maximum absolute atomic E-state index is 13.2. The number of nitrogens with zero attached hydrogens (tertiary/aromatic N) is 3. The predicted octanol–water partition coefficient (Wildman–Crippen LogP) is 1.66. The van der Waals surface area contributed by atoms with Crippen LogP contribution in [0.3, 0.4) is 0 Å². The Labute approximate surface area is 132 Å². The quantitative estimate of drug-likeness (QED) is 0.624. The number of carbonyl (C=O) groups excluding carboxylic acids is 1. The van der Waals surface area contributed by atoms with Gasteiger partial charge in [-0.3, -0.25) is 4.79 Å². The lowest BCUT2D eigenvalue weighted by Gasteiger charge is -2.07. The van der Waals surface area contributed by atoms with Gasteiger partial charge in [-0.15, -0.1) is 10.2 Å². The molecule has 0 aliphatic heterocycles. The second-order valence-corrected chi connectivity index (χ2v) is 6.12. The molecule has 6 nitrogen and oxygen atoms in total. The molecule has 2 rings (SSSR count). The molecule has 22 heavy (non-hydrogen) atoms. The molecular weight excluding hydrogens is 305 g/mol. The van der Waals surface area contributed by atoms with E-state index in [9.17, 15) is 9.18 Å². The molecule has 1 heterocycles. The lowest BCUT2D eigenvalue weighted by Crippen LogP contribution is -2.29. The van der Waals surface area contributed by atoms with Gasteiger partial charge in [-0.05, 0) is 18.1 Å². The van der Waals surface area contributed by atoms with Crippen molar-refractivity contribution in [3.63, 3.8) is 0 Å². The Morgan fingerprint density at radius 2 is 2.23 bits per heavy atom. The number of benzene rings is 1. The minimum absolute atomic E-state index is 0.0889. The lowest BCUT2D eigenvalue weighted by molar-refractivity contribution is -0.118. The van der Waals surface area contributed by atoms with Crippen molar-refractivity contribution in [3.8, 4) is 11.4 Å². The lowest BCUT2D eigenvalue weighted by atomic mass is 10.2. The molecule has 0 aliphatic carbocycles. The Kier molecular flexibility index (Phi) is 5.37. The third-order valence-electron chi connectivity index (χ3n) is 2.79. The topological polar surface area (TPSA) is 85.8 Å². The van der Waals surface area contributed by atoms with Gasteiger partial charge in [-0.2, -0.15) is 0 Å². The molecule has 0 saturated heterocycles. The Morgan fingerprint density at radius 1 is 1.45 bits per heavy atom. The van der Waals surface area contributed by atoms with E-state index in [1.54, 1.807) is 12.1 Å². The van der Waals surface area contributed by atoms with E-state index < -0.39 is 0 Å². The van der Waals surface area contributed by atoms with Gasteiger partial charge in [0.1, 0.15) is 5.82 Å². The summed E-state index contributed by atoms with van der Waals surface area (Å²) in [6.45, 7) is 4.67. The molecule has 0 unspecified atom stereocenters. The van der Waals surface area contributed by atoms with E-state index in [1.165, 1.54) is 28.6 Å². The van der Waals surface area contributed by atoms with Gasteiger partial charge in [0.2, 0.25) is 11.1 Å². The predicted molar refractivity (Wildman–Crippen MR) is 84.1 cm³/mol. The zero-order valence-electron chi connectivity index (χ0n) is 12.4. The number of rotatable bonds is 6. The first-order valence-electron chi connectivity index (χ1n) is 6.83. The zero-order valence-corrected chi connectivity index (χ0v) is 13.2. The molecule has 0 fully saturated rings. The molecule has 0 aliphatic rings. The van der Waals surface area contributed by atoms with Crippen LogP contribution in [0.4, 0.5) is 4.39 Å². The third-order valence-corrected chi connectivity index (χ3v) is 3.73. The molecule has 0 bridgehead atoms. The van der Waals surface area contributed by atoms with Gasteiger partial charge in [0, 0.05) is 12.1 Å². The standard InChI is InChI=1S/C14H18FN5OS/c1-9(2)7-17-12(21)8-22-14-19-18-13(20(14)16)10-4-3-5-11(15)6-10/h3-6,9H,7-8,16H2,1-2H3,(H,17,21). The first-order chi connectivity index (χ1) is 10.5. The molecule has 1 aromatic heterocycles. The van der Waals surface area contributed by atoms with Crippen LogP contribution < -0.4 is 11.2 Å². The number of aromatic nitrogens is 3. The normalized spacial score (nSPS) is 10.9. The van der Waals surface area contributed by atoms with E-state index in [0.29, 0.717) is 29.0 Å². The average Bonchev–Trinajstić information content (AvgIpc) is 2.84. The second-order valence-electron chi connectivity index (χ2n) is 5.17. The monoisotopic (exact) mass is 323 g/mol. The van der Waals surface area contributed by atoms with E-state index in [4.69, 9.17) is 5.84 Å². The van der Waals surface area contributed by atoms with E-state index >= 15 is 0 Å². The summed E-state index contributed by atoms with van der Waals surface area (Å²) in [6, 6.07) is 5.94. The SMILES string of the molecule is CC(C)CNC(=O)CSc1nnc(-c2cccc(F)c2)n1N. The second kappa shape index (κ2) is 7.26. The summed E-state index contributed by atoms with van der Waals surface area (Å²) < 4.78 is 14.5. The van der Waals surface area contributed by atoms with Crippen LogP contribution in [0.15, 0.2) is 29.4 Å². The molecule has 118 valence electrons. The fraction of sp³-hybridized carbons (Fsp3) is 0.357. The molecular formula is C14H18FN5OS. The highest BCUT2D eigenvalue weighted by Crippen LogP contribution is 2.21. The summed E-state index contributed by atoms with van der Waals surface area (Å²) in [6.07, 6.45) is 0. The molecule has 0 atom stereocenters. The summed E-state index contributed by atoms with van der Waals surface area (Å²) in [5.41, 5.74) is 0.533. The van der Waals surface area contributed by atoms with Crippen molar-refractivity contribution < 1.29 is 9.18 Å². The Hall–Kier alpha value is -2.09. The first-order valence-corrected chi connectivity index (χ1v) is 7.82. The molecule has 2 aromatic rings. The molecule has 1 amide bonds. The number of thioether (sulfide) groups is 1. The highest BCUT2D eigenvalue weighted by Gasteiger charge is 2.14. The van der Waals surface area contributed by atoms with Gasteiger partial charge in [-0.25, -0.2) is 9.07 Å². The van der Waals surface area contributed by atoms with Crippen molar-refractivity contribution in [2.45, 2.75) is 19.0 Å². The van der Waals surface area contributed by atoms with Crippen molar-refractivity contribution in [2.75, 3.05) is 18.1 Å². The summed E-state index contributed by atoms with van der Waals surface area (Å²) in [4.78, 5) is 11.7. The smallest absolute Gasteiger partial charge is 0.230 e. The summed E-state index contributed by atoms with van der Waals surface area (Å²) >= 11 is 1.19. The largest absolute Gasteiger partial charge is 0.355 e. The van der Waals surface area contributed by atoms with Crippen molar-refractivity contribution in [1.29, 1.82) is 0 Å². The van der Waals surface area contributed by atoms with Crippen LogP contribution in [0.2, 0.25) is 0 Å². The number of amides is 1. The Balaban J connectivity index is 2.01. The van der Waals surface area contributed by atoms with Crippen LogP contribution in [-0.2, 0) is 4.79 Å². The number of nitrogens with one attached hydrogen (secondary N) is 1. The van der Waals surface area contributed by atoms with Gasteiger partial charge in [0.25, 0.3) is 0 Å². The average molecular weight is 323 g/mol. The summed E-state index contributed by atoms with van der Waals surface area (Å²) in [5.74, 6) is 6.40. The highest BCUT2D eigenvalue weighted by atomic mass is 32.2. The van der Waals surface area contributed by atoms with E-state index in [2.05, 4.69) is 15.5 Å². The van der Waals surface area contributed by atoms with Crippen molar-refractivity contribution >= 4 is 17.7 Å². The number of nitrogens with two attached hydrogens (primary N) is 1. The van der Waals surface area contributed by atoms with Gasteiger partial charge >= 0.3 is 0 Å². The zero-order chi connectivity index (χ0) is 16.1. The van der Waals surface area contributed by atoms with Gasteiger partial charge in [-0.1, -0.05) is 37.7 Å². The van der Waals surface area contributed by atoms with E-state index in [0.717, 1.165) is 0 Å². The number of nitrogen functional groups attached to an aromatic ring is 1. The molecule has 0 spiro atoms. The van der Waals surface area contributed by atoms with Crippen molar-refractivity contribution in [2.24, 2.45) is 5.92 Å². The van der Waals surface area contributed by atoms with Gasteiger partial charge in [0.05, 0.1) is 5.75 Å². The van der Waals surface area contributed by atoms with Crippen LogP contribution in [0.5, 0.6) is 0 Å². The van der Waals surface area contributed by atoms with Crippen molar-refractivity contribution in [1.82, 2.24) is 20.2 Å². The molecule has 1 aromatic carbocycles. The summed E-state index contributed by atoms with van der Waals surface area (Å²) in [7, 11) is 0. The molecule has 0 radical (unpaired) electrons. The minimum atomic E-state index is -0.372. The number of carbonyl (C=O) groups is 1. The van der Waals surface area contributed by atoms with Crippen LogP contribution in [-0.4, -0.2) is 33.1 Å². The molecule has 3 N–H and O–H groups in total. The van der Waals surface area contributed by atoms with Crippen LogP contribution in [0, 0.1) is 11.7 Å². The molecule has 8 heteroatoms. The number of hydrogen-bond donors (Lipinski definition) is 2. The van der Waals surface area contributed by atoms with Crippen LogP contribution in [0.1, 0.15) is 13.8 Å². The fourth-order valence-electron chi connectivity index (χ4n) is 1.70. The van der Waals surface area contributed by atoms with E-state index in [-0.39, 0.29) is 17.5 Å². The number of hydrogen-bond acceptors (Lipinski definition) is 5. The van der Waals surface area contributed by atoms with Gasteiger partial charge in [0.15, 0.2) is 5.82 Å². The summed E-state index contributed by atoms with van der Waals surface area (Å²) in [5, 5.41) is 11.1. The molecule has 0 saturated carbocycles. The maximum Gasteiger partial charge on any atom is 0.230 e. The van der Waals surface area contributed by atoms with Crippen LogP contribution >= 0.6 is 11.8 Å². The third kappa shape index (κ3) is 4.20.